The third kappa shape index (κ3) is 7.07. The largest absolute Gasteiger partial charge is 0.461 e. The molecule has 1 aromatic rings. The van der Waals surface area contributed by atoms with Gasteiger partial charge in [-0.2, -0.15) is 5.10 Å². The molecule has 0 unspecified atom stereocenters. The molecule has 25 heavy (non-hydrogen) atoms. The van der Waals surface area contributed by atoms with Crippen LogP contribution >= 0.6 is 0 Å². The zero-order chi connectivity index (χ0) is 18.7. The van der Waals surface area contributed by atoms with Gasteiger partial charge in [0.2, 0.25) is 5.91 Å². The predicted octanol–water partition coefficient (Wildman–Crippen LogP) is 2.69. The van der Waals surface area contributed by atoms with Crippen LogP contribution in [-0.2, 0) is 16.1 Å². The van der Waals surface area contributed by atoms with E-state index in [0.29, 0.717) is 12.8 Å². The summed E-state index contributed by atoms with van der Waals surface area (Å²) in [7, 11) is 1.74. The Morgan fingerprint density at radius 2 is 1.88 bits per heavy atom. The highest BCUT2D eigenvalue weighted by atomic mass is 16.5. The first-order valence-electron chi connectivity index (χ1n) is 8.97. The van der Waals surface area contributed by atoms with Crippen molar-refractivity contribution in [2.24, 2.45) is 0 Å². The van der Waals surface area contributed by atoms with Crippen LogP contribution in [0.5, 0.6) is 0 Å². The van der Waals surface area contributed by atoms with E-state index in [-0.39, 0.29) is 30.4 Å². The molecule has 0 saturated carbocycles. The molecular weight excluding hydrogens is 322 g/mol. The highest BCUT2D eigenvalue weighted by Gasteiger charge is 2.18. The highest BCUT2D eigenvalue weighted by molar-refractivity contribution is 5.89. The lowest BCUT2D eigenvalue weighted by molar-refractivity contribution is -0.130. The first-order valence-corrected chi connectivity index (χ1v) is 8.97. The molecule has 0 spiro atoms. The van der Waals surface area contributed by atoms with E-state index in [1.165, 1.54) is 36.4 Å². The average Bonchev–Trinajstić information content (AvgIpc) is 3.01. The molecule has 0 aliphatic rings. The average molecular weight is 351 g/mol. The van der Waals surface area contributed by atoms with Crippen molar-refractivity contribution in [3.05, 3.63) is 17.5 Å². The lowest BCUT2D eigenvalue weighted by Gasteiger charge is -2.17. The number of rotatable bonds is 12. The Labute approximate surface area is 149 Å². The van der Waals surface area contributed by atoms with Gasteiger partial charge in [0, 0.05) is 19.7 Å². The number of carbonyl (C=O) groups is 3. The molecule has 0 aliphatic carbocycles. The van der Waals surface area contributed by atoms with E-state index in [0.717, 1.165) is 12.8 Å². The Bertz CT molecular complexity index is 569. The summed E-state index contributed by atoms with van der Waals surface area (Å²) in [5.74, 6) is -0.743. The first kappa shape index (κ1) is 20.9. The number of ether oxygens (including phenoxy) is 1. The van der Waals surface area contributed by atoms with E-state index in [1.807, 2.05) is 0 Å². The Morgan fingerprint density at radius 1 is 1.20 bits per heavy atom. The van der Waals surface area contributed by atoms with Crippen molar-refractivity contribution in [1.29, 1.82) is 0 Å². The third-order valence-corrected chi connectivity index (χ3v) is 3.97. The molecule has 0 fully saturated rings. The predicted molar refractivity (Wildman–Crippen MR) is 94.6 cm³/mol. The molecule has 1 aromatic heterocycles. The van der Waals surface area contributed by atoms with Crippen molar-refractivity contribution in [3.63, 3.8) is 0 Å². The van der Waals surface area contributed by atoms with Crippen molar-refractivity contribution in [1.82, 2.24) is 14.7 Å². The van der Waals surface area contributed by atoms with Gasteiger partial charge in [-0.25, -0.2) is 4.79 Å². The van der Waals surface area contributed by atoms with Gasteiger partial charge in [-0.3, -0.25) is 14.3 Å². The number of aldehydes is 1. The summed E-state index contributed by atoms with van der Waals surface area (Å²) in [4.78, 5) is 36.7. The topological polar surface area (TPSA) is 81.5 Å². The number of hydrogen-bond acceptors (Lipinski definition) is 5. The van der Waals surface area contributed by atoms with Gasteiger partial charge in [-0.15, -0.1) is 0 Å². The lowest BCUT2D eigenvalue weighted by atomic mass is 10.1. The zero-order valence-electron chi connectivity index (χ0n) is 15.5. The summed E-state index contributed by atoms with van der Waals surface area (Å²) in [6.07, 6.45) is 7.54. The van der Waals surface area contributed by atoms with Crippen LogP contribution in [0.25, 0.3) is 0 Å². The van der Waals surface area contributed by atoms with Crippen molar-refractivity contribution < 1.29 is 19.1 Å². The standard InChI is InChI=1S/C18H29N3O4/c1-4-6-7-8-9-10-11-20(3)17(23)13-21-15(14-22)12-16(19-21)18(24)25-5-2/h12,14H,4-11,13H2,1-3H3. The summed E-state index contributed by atoms with van der Waals surface area (Å²) >= 11 is 0. The third-order valence-electron chi connectivity index (χ3n) is 3.97. The normalized spacial score (nSPS) is 10.5. The molecule has 0 aromatic carbocycles. The molecule has 7 heteroatoms. The number of carbonyl (C=O) groups excluding carboxylic acids is 3. The Balaban J connectivity index is 2.52. The summed E-state index contributed by atoms with van der Waals surface area (Å²) < 4.78 is 6.11. The molecule has 0 bridgehead atoms. The summed E-state index contributed by atoms with van der Waals surface area (Å²) in [5.41, 5.74) is 0.222. The number of amides is 1. The van der Waals surface area contributed by atoms with Gasteiger partial charge in [0.1, 0.15) is 12.2 Å². The Kier molecular flexibility index (Phi) is 9.50. The molecule has 0 saturated heterocycles. The second-order valence-electron chi connectivity index (χ2n) is 6.03. The fraction of sp³-hybridized carbons (Fsp3) is 0.667. The van der Waals surface area contributed by atoms with Crippen molar-refractivity contribution in [2.75, 3.05) is 20.2 Å². The van der Waals surface area contributed by atoms with Crippen LogP contribution in [-0.4, -0.2) is 53.0 Å². The number of likely N-dealkylation sites (N-methyl/N-ethyl adjacent to an activating group) is 1. The summed E-state index contributed by atoms with van der Waals surface area (Å²) in [6.45, 7) is 4.70. The number of unbranched alkanes of at least 4 members (excludes halogenated alkanes) is 5. The molecule has 0 radical (unpaired) electrons. The van der Waals surface area contributed by atoms with Crippen LogP contribution in [0.1, 0.15) is 73.3 Å². The Morgan fingerprint density at radius 3 is 2.52 bits per heavy atom. The van der Waals surface area contributed by atoms with Crippen molar-refractivity contribution in [3.8, 4) is 0 Å². The van der Waals surface area contributed by atoms with Crippen LogP contribution in [0.3, 0.4) is 0 Å². The quantitative estimate of drug-likeness (QED) is 0.328. The smallest absolute Gasteiger partial charge is 0.358 e. The minimum atomic E-state index is -0.600. The van der Waals surface area contributed by atoms with E-state index in [1.54, 1.807) is 18.9 Å². The number of hydrogen-bond donors (Lipinski definition) is 0. The highest BCUT2D eigenvalue weighted by Crippen LogP contribution is 2.07. The first-order chi connectivity index (χ1) is 12.0. The lowest BCUT2D eigenvalue weighted by Crippen LogP contribution is -2.32. The maximum atomic E-state index is 12.3. The van der Waals surface area contributed by atoms with E-state index in [4.69, 9.17) is 4.74 Å². The molecule has 0 atom stereocenters. The van der Waals surface area contributed by atoms with Gasteiger partial charge in [0.05, 0.1) is 6.61 Å². The van der Waals surface area contributed by atoms with Crippen molar-refractivity contribution >= 4 is 18.2 Å². The molecule has 7 nitrogen and oxygen atoms in total. The van der Waals surface area contributed by atoms with Gasteiger partial charge in [0.25, 0.3) is 0 Å². The van der Waals surface area contributed by atoms with Gasteiger partial charge in [-0.05, 0) is 13.3 Å². The number of esters is 1. The molecule has 1 heterocycles. The second-order valence-corrected chi connectivity index (χ2v) is 6.03. The molecular formula is C18H29N3O4. The monoisotopic (exact) mass is 351 g/mol. The maximum Gasteiger partial charge on any atom is 0.358 e. The fourth-order valence-electron chi connectivity index (χ4n) is 2.46. The molecule has 0 aliphatic heterocycles. The van der Waals surface area contributed by atoms with Gasteiger partial charge < -0.3 is 9.64 Å². The maximum absolute atomic E-state index is 12.3. The molecule has 140 valence electrons. The van der Waals surface area contributed by atoms with Crippen molar-refractivity contribution in [2.45, 2.75) is 58.9 Å². The SMILES string of the molecule is CCCCCCCCN(C)C(=O)Cn1nc(C(=O)OCC)cc1C=O. The van der Waals surface area contributed by atoms with Crippen LogP contribution in [0.4, 0.5) is 0 Å². The Hall–Kier alpha value is -2.18. The van der Waals surface area contributed by atoms with E-state index in [2.05, 4.69) is 12.0 Å². The summed E-state index contributed by atoms with van der Waals surface area (Å²) in [5, 5.41) is 4.02. The second kappa shape index (κ2) is 11.4. The molecule has 1 rings (SSSR count). The van der Waals surface area contributed by atoms with Crippen LogP contribution in [0.15, 0.2) is 6.07 Å². The number of nitrogens with zero attached hydrogens (tertiary/aromatic N) is 3. The minimum absolute atomic E-state index is 0.0373. The summed E-state index contributed by atoms with van der Waals surface area (Å²) in [6, 6.07) is 1.34. The number of aromatic nitrogens is 2. The van der Waals surface area contributed by atoms with Crippen LogP contribution < -0.4 is 0 Å². The minimum Gasteiger partial charge on any atom is -0.461 e. The molecule has 0 N–H and O–H groups in total. The zero-order valence-corrected chi connectivity index (χ0v) is 15.5. The van der Waals surface area contributed by atoms with Gasteiger partial charge >= 0.3 is 5.97 Å². The fourth-order valence-corrected chi connectivity index (χ4v) is 2.46. The van der Waals surface area contributed by atoms with E-state index in [9.17, 15) is 14.4 Å². The van der Waals surface area contributed by atoms with Gasteiger partial charge in [0.15, 0.2) is 12.0 Å². The molecule has 1 amide bonds. The van der Waals surface area contributed by atoms with E-state index < -0.39 is 5.97 Å². The van der Waals surface area contributed by atoms with Crippen LogP contribution in [0.2, 0.25) is 0 Å². The van der Waals surface area contributed by atoms with E-state index >= 15 is 0 Å². The van der Waals surface area contributed by atoms with Gasteiger partial charge in [-0.1, -0.05) is 39.0 Å². The van der Waals surface area contributed by atoms with Crippen LogP contribution in [0, 0.1) is 0 Å².